The van der Waals surface area contributed by atoms with Gasteiger partial charge in [0.2, 0.25) is 0 Å². The number of hydrogen-bond acceptors (Lipinski definition) is 5. The largest absolute Gasteiger partial charge is 0.448 e. The number of hydrogen-bond donors (Lipinski definition) is 1. The molecule has 1 N–H and O–H groups in total. The molecule has 0 aliphatic heterocycles. The first-order valence-corrected chi connectivity index (χ1v) is 25.7. The molecule has 4 nitrogen and oxygen atoms in total. The van der Waals surface area contributed by atoms with Crippen molar-refractivity contribution >= 4 is 58.8 Å². The molecule has 6 heteroatoms. The first kappa shape index (κ1) is 47.9. The number of fused-ring (bicyclic) bond motifs is 3. The van der Waals surface area contributed by atoms with Crippen LogP contribution in [0.5, 0.6) is 0 Å². The molecule has 0 atom stereocenters. The molecule has 338 valence electrons. The summed E-state index contributed by atoms with van der Waals surface area (Å²) in [5.74, 6) is 14.1. The molecule has 0 unspecified atom stereocenters. The highest BCUT2D eigenvalue weighted by Gasteiger charge is 2.42. The van der Waals surface area contributed by atoms with E-state index in [1.165, 1.54) is 56.0 Å². The average Bonchev–Trinajstić information content (AvgIpc) is 4.07. The monoisotopic (exact) mass is 908 g/mol. The number of benzene rings is 4. The van der Waals surface area contributed by atoms with Crippen LogP contribution < -0.4 is 10.2 Å². The van der Waals surface area contributed by atoms with Crippen molar-refractivity contribution in [1.82, 2.24) is 5.32 Å². The average molecular weight is 909 g/mol. The minimum atomic E-state index is -0.337. The van der Waals surface area contributed by atoms with Gasteiger partial charge in [-0.1, -0.05) is 149 Å². The fraction of sp³-hybridized carbons (Fsp3) is 0.317. The lowest BCUT2D eigenvalue weighted by atomic mass is 9.70. The molecule has 0 saturated carbocycles. The summed E-state index contributed by atoms with van der Waals surface area (Å²) in [5, 5.41) is 2.84. The van der Waals surface area contributed by atoms with Crippen LogP contribution in [0, 0.1) is 30.6 Å². The van der Waals surface area contributed by atoms with Crippen LogP contribution in [0.1, 0.15) is 144 Å². The summed E-state index contributed by atoms with van der Waals surface area (Å²) >= 11 is 3.45. The molecule has 7 rings (SSSR count). The second-order valence-corrected chi connectivity index (χ2v) is 19.5. The van der Waals surface area contributed by atoms with E-state index in [4.69, 9.17) is 4.74 Å². The number of thiophene rings is 2. The molecular formula is C60H64N2O2S2. The van der Waals surface area contributed by atoms with Crippen molar-refractivity contribution in [2.24, 2.45) is 0 Å². The molecule has 6 aromatic rings. The van der Waals surface area contributed by atoms with E-state index in [0.29, 0.717) is 19.7 Å². The fourth-order valence-corrected chi connectivity index (χ4v) is 10.3. The molecule has 1 aliphatic carbocycles. The van der Waals surface area contributed by atoms with Gasteiger partial charge in [-0.3, -0.25) is 0 Å². The van der Waals surface area contributed by atoms with Crippen LogP contribution in [-0.4, -0.2) is 32.3 Å². The van der Waals surface area contributed by atoms with Crippen LogP contribution in [-0.2, 0) is 10.2 Å². The molecule has 0 fully saturated rings. The predicted octanol–water partition coefficient (Wildman–Crippen LogP) is 15.6. The van der Waals surface area contributed by atoms with Gasteiger partial charge in [0.15, 0.2) is 0 Å². The summed E-state index contributed by atoms with van der Waals surface area (Å²) in [7, 11) is 0. The Balaban J connectivity index is 1.03. The van der Waals surface area contributed by atoms with Gasteiger partial charge in [0.25, 0.3) is 0 Å². The summed E-state index contributed by atoms with van der Waals surface area (Å²) in [4.78, 5) is 18.7. The van der Waals surface area contributed by atoms with E-state index in [1.807, 2.05) is 0 Å². The number of carbonyl (C=O) groups excluding carboxylic acids is 1. The summed E-state index contributed by atoms with van der Waals surface area (Å²) in [6, 6.07) is 39.6. The highest BCUT2D eigenvalue weighted by atomic mass is 32.1. The minimum absolute atomic E-state index is 0.0589. The van der Waals surface area contributed by atoms with Gasteiger partial charge in [-0.25, -0.2) is 4.79 Å². The summed E-state index contributed by atoms with van der Waals surface area (Å²) in [6.07, 6.45) is 18.4. The molecule has 0 saturated heterocycles. The number of ether oxygens (including phenoxy) is 1. The van der Waals surface area contributed by atoms with Gasteiger partial charge in [-0.2, -0.15) is 0 Å². The Morgan fingerprint density at radius 1 is 0.621 bits per heavy atom. The topological polar surface area (TPSA) is 41.6 Å². The van der Waals surface area contributed by atoms with E-state index in [0.717, 1.165) is 83.6 Å². The van der Waals surface area contributed by atoms with Crippen LogP contribution >= 0.6 is 22.7 Å². The van der Waals surface area contributed by atoms with Crippen molar-refractivity contribution in [3.05, 3.63) is 168 Å². The normalized spacial score (nSPS) is 12.3. The fourth-order valence-electron chi connectivity index (χ4n) is 8.72. The number of nitrogens with zero attached hydrogens (tertiary/aromatic N) is 1. The Kier molecular flexibility index (Phi) is 17.4. The van der Waals surface area contributed by atoms with Gasteiger partial charge < -0.3 is 15.0 Å². The maximum atomic E-state index is 12.0. The maximum absolute atomic E-state index is 12.0. The number of likely N-dealkylation sites (N-methyl/N-ethyl adjacent to an activating group) is 1. The Hall–Kier alpha value is -6.05. The smallest absolute Gasteiger partial charge is 0.407 e. The first-order valence-electron chi connectivity index (χ1n) is 24.0. The van der Waals surface area contributed by atoms with Gasteiger partial charge in [0.05, 0.1) is 16.3 Å². The quantitative estimate of drug-likeness (QED) is 0.0650. The molecule has 66 heavy (non-hydrogen) atoms. The lowest BCUT2D eigenvalue weighted by Gasteiger charge is -2.33. The van der Waals surface area contributed by atoms with Gasteiger partial charge in [-0.05, 0) is 139 Å². The summed E-state index contributed by atoms with van der Waals surface area (Å²) < 4.78 is 5.42. The van der Waals surface area contributed by atoms with Crippen LogP contribution in [0.2, 0.25) is 0 Å². The molecule has 2 aromatic heterocycles. The van der Waals surface area contributed by atoms with E-state index >= 15 is 0 Å². The Morgan fingerprint density at radius 3 is 1.67 bits per heavy atom. The molecule has 0 bridgehead atoms. The number of unbranched alkanes of at least 4 members (excludes halogenated alkanes) is 4. The van der Waals surface area contributed by atoms with Crippen molar-refractivity contribution in [1.29, 1.82) is 0 Å². The van der Waals surface area contributed by atoms with Crippen molar-refractivity contribution in [3.8, 4) is 34.8 Å². The zero-order valence-electron chi connectivity index (χ0n) is 39.5. The Morgan fingerprint density at radius 2 is 1.15 bits per heavy atom. The lowest BCUT2D eigenvalue weighted by molar-refractivity contribution is 0.148. The third-order valence-corrected chi connectivity index (χ3v) is 14.4. The number of aryl methyl sites for hydroxylation is 1. The lowest BCUT2D eigenvalue weighted by Crippen LogP contribution is -2.31. The van der Waals surface area contributed by atoms with Crippen LogP contribution in [0.25, 0.3) is 35.4 Å². The third kappa shape index (κ3) is 12.6. The zero-order chi connectivity index (χ0) is 46.1. The van der Waals surface area contributed by atoms with Gasteiger partial charge in [-0.15, -0.1) is 22.7 Å². The number of carbonyl (C=O) groups is 1. The zero-order valence-corrected chi connectivity index (χ0v) is 41.1. The minimum Gasteiger partial charge on any atom is -0.448 e. The van der Waals surface area contributed by atoms with E-state index < -0.39 is 0 Å². The van der Waals surface area contributed by atoms with Gasteiger partial charge >= 0.3 is 6.09 Å². The van der Waals surface area contributed by atoms with Crippen molar-refractivity contribution in [2.75, 3.05) is 31.1 Å². The molecule has 0 spiro atoms. The number of nitrogens with one attached hydrogen (secondary N) is 1. The maximum Gasteiger partial charge on any atom is 0.407 e. The van der Waals surface area contributed by atoms with Crippen molar-refractivity contribution in [2.45, 2.75) is 97.8 Å². The van der Waals surface area contributed by atoms with E-state index in [-0.39, 0.29) is 11.5 Å². The molecule has 1 amide bonds. The summed E-state index contributed by atoms with van der Waals surface area (Å²) in [6.45, 7) is 13.5. The highest BCUT2D eigenvalue weighted by molar-refractivity contribution is 7.13. The third-order valence-electron chi connectivity index (χ3n) is 12.4. The molecule has 4 aromatic carbocycles. The predicted molar refractivity (Wildman–Crippen MR) is 285 cm³/mol. The van der Waals surface area contributed by atoms with E-state index in [9.17, 15) is 4.79 Å². The second kappa shape index (κ2) is 23.9. The van der Waals surface area contributed by atoms with Gasteiger partial charge in [0, 0.05) is 45.1 Å². The van der Waals surface area contributed by atoms with Crippen molar-refractivity contribution < 1.29 is 9.53 Å². The number of alkyl carbamates (subject to hydrolysis) is 1. The van der Waals surface area contributed by atoms with Crippen LogP contribution in [0.3, 0.4) is 0 Å². The second-order valence-electron chi connectivity index (χ2n) is 17.2. The Bertz CT molecular complexity index is 2720. The van der Waals surface area contributed by atoms with Gasteiger partial charge in [0.1, 0.15) is 6.61 Å². The van der Waals surface area contributed by atoms with Crippen LogP contribution in [0.4, 0.5) is 10.5 Å². The first-order chi connectivity index (χ1) is 32.3. The summed E-state index contributed by atoms with van der Waals surface area (Å²) in [5.41, 5.74) is 12.3. The highest BCUT2D eigenvalue weighted by Crippen LogP contribution is 2.54. The SMILES string of the molecule is CCCCCNC(=O)OCCN(CC)c1ccc(/C=C/c2ccc(C#Cc3ccc4c(c3)C(CCCC)(CCCC)c3cc(C#Cc5ccc(/C=C/c6ccc(C)cc6)s5)ccc3-4)s2)cc1. The molecule has 2 heterocycles. The molecule has 1 aliphatic rings. The number of amides is 1. The standard InChI is InChI=1S/C60H64N2O2S2/c1-6-10-13-40-61-59(63)64-42-41-62(9-4)50-26-18-47(19-27-50)21-29-52-33-35-54(66-52)31-23-49-25-37-56-55-36-24-48(43-57(55)60(38-11-7-2,39-12-8-3)58(56)44-49)22-30-53-34-32-51(65-53)28-20-46-16-14-45(5)15-17-46/h14-21,24-29,32-37,43-44H,6-13,38-42H2,1-5H3,(H,61,63)/b28-20+,29-21+. The Labute approximate surface area is 402 Å². The van der Waals surface area contributed by atoms with E-state index in [2.05, 4.69) is 202 Å². The molecular weight excluding hydrogens is 845 g/mol. The number of anilines is 1. The van der Waals surface area contributed by atoms with Crippen LogP contribution in [0.15, 0.2) is 109 Å². The van der Waals surface area contributed by atoms with Crippen molar-refractivity contribution in [3.63, 3.8) is 0 Å². The number of rotatable bonds is 19. The van der Waals surface area contributed by atoms with E-state index in [1.54, 1.807) is 22.7 Å². The molecule has 0 radical (unpaired) electrons.